The van der Waals surface area contributed by atoms with E-state index in [9.17, 15) is 14.9 Å². The number of hydrogen-bond acceptors (Lipinski definition) is 6. The predicted molar refractivity (Wildman–Crippen MR) is 117 cm³/mol. The molecule has 0 unspecified atom stereocenters. The average Bonchev–Trinajstić information content (AvgIpc) is 3.25. The molecule has 0 aliphatic carbocycles. The molecule has 1 aromatic carbocycles. The minimum Gasteiger partial charge on any atom is -0.380 e. The third-order valence-electron chi connectivity index (χ3n) is 3.75. The molecule has 7 nitrogen and oxygen atoms in total. The Hall–Kier alpha value is -2.04. The smallest absolute Gasteiger partial charge is 0.324 e. The minimum absolute atomic E-state index is 0.0128. The van der Waals surface area contributed by atoms with Gasteiger partial charge in [-0.25, -0.2) is 0 Å². The van der Waals surface area contributed by atoms with Crippen LogP contribution in [0.25, 0.3) is 16.3 Å². The van der Waals surface area contributed by atoms with Crippen LogP contribution >= 0.6 is 45.9 Å². The van der Waals surface area contributed by atoms with Crippen LogP contribution < -0.4 is 4.80 Å². The molecule has 152 valence electrons. The number of benzene rings is 1. The Kier molecular flexibility index (Phi) is 7.20. The number of aromatic nitrogens is 1. The molecule has 0 radical (unpaired) electrons. The lowest BCUT2D eigenvalue weighted by atomic mass is 10.3. The fourth-order valence-electron chi connectivity index (χ4n) is 2.54. The monoisotopic (exact) mass is 471 g/mol. The number of hydrogen-bond donors (Lipinski definition) is 0. The van der Waals surface area contributed by atoms with Crippen LogP contribution in [0.15, 0.2) is 35.3 Å². The van der Waals surface area contributed by atoms with Crippen LogP contribution in [-0.2, 0) is 16.1 Å². The molecule has 0 bridgehead atoms. The Bertz CT molecular complexity index is 1160. The number of amides is 1. The van der Waals surface area contributed by atoms with Gasteiger partial charge in [-0.15, -0.1) is 0 Å². The molecule has 11 heteroatoms. The summed E-state index contributed by atoms with van der Waals surface area (Å²) in [5.41, 5.74) is 0.741. The lowest BCUT2D eigenvalue weighted by molar-refractivity contribution is -0.380. The topological polar surface area (TPSA) is 86.7 Å². The molecule has 0 fully saturated rings. The fourth-order valence-corrected chi connectivity index (χ4v) is 5.11. The van der Waals surface area contributed by atoms with Crippen LogP contribution in [0, 0.1) is 10.1 Å². The highest BCUT2D eigenvalue weighted by molar-refractivity contribution is 7.16. The Labute approximate surface area is 183 Å². The molecule has 2 heterocycles. The number of thiophene rings is 1. The molecule has 0 spiro atoms. The first-order valence-electron chi connectivity index (χ1n) is 8.46. The zero-order valence-corrected chi connectivity index (χ0v) is 18.3. The van der Waals surface area contributed by atoms with Crippen molar-refractivity contribution in [2.75, 3.05) is 13.2 Å². The van der Waals surface area contributed by atoms with E-state index in [1.807, 2.05) is 11.5 Å². The minimum atomic E-state index is -0.486. The van der Waals surface area contributed by atoms with Crippen LogP contribution in [0.4, 0.5) is 5.00 Å². The first kappa shape index (κ1) is 21.7. The number of rotatable bonds is 7. The van der Waals surface area contributed by atoms with Crippen LogP contribution in [0.1, 0.15) is 11.8 Å². The van der Waals surface area contributed by atoms with E-state index in [4.69, 9.17) is 27.9 Å². The van der Waals surface area contributed by atoms with Gasteiger partial charge in [0.2, 0.25) is 0 Å². The summed E-state index contributed by atoms with van der Waals surface area (Å²) in [5.74, 6) is -0.486. The quantitative estimate of drug-likeness (QED) is 0.206. The van der Waals surface area contributed by atoms with E-state index in [1.165, 1.54) is 29.6 Å². The number of fused-ring (bicyclic) bond motifs is 1. The van der Waals surface area contributed by atoms with Crippen LogP contribution in [0.3, 0.4) is 0 Å². The Morgan fingerprint density at radius 1 is 1.34 bits per heavy atom. The van der Waals surface area contributed by atoms with Crippen molar-refractivity contribution in [2.45, 2.75) is 13.5 Å². The molecule has 0 N–H and O–H groups in total. The molecule has 29 heavy (non-hydrogen) atoms. The highest BCUT2D eigenvalue weighted by Crippen LogP contribution is 2.30. The average molecular weight is 472 g/mol. The van der Waals surface area contributed by atoms with Crippen molar-refractivity contribution in [3.63, 3.8) is 0 Å². The number of thiazole rings is 1. The highest BCUT2D eigenvalue weighted by atomic mass is 35.5. The molecule has 3 aromatic rings. The van der Waals surface area contributed by atoms with Gasteiger partial charge in [0.1, 0.15) is 0 Å². The van der Waals surface area contributed by atoms with E-state index in [-0.39, 0.29) is 5.00 Å². The second-order valence-corrected chi connectivity index (χ2v) is 8.63. The molecule has 0 saturated carbocycles. The maximum Gasteiger partial charge on any atom is 0.324 e. The molecular formula is C18H15Cl2N3O4S2. The maximum atomic E-state index is 12.4. The third-order valence-corrected chi connectivity index (χ3v) is 6.28. The van der Waals surface area contributed by atoms with Crippen molar-refractivity contribution in [3.05, 3.63) is 60.2 Å². The van der Waals surface area contributed by atoms with Crippen molar-refractivity contribution in [1.29, 1.82) is 0 Å². The van der Waals surface area contributed by atoms with E-state index in [1.54, 1.807) is 18.2 Å². The van der Waals surface area contributed by atoms with Gasteiger partial charge in [-0.2, -0.15) is 4.99 Å². The number of halogens is 2. The summed E-state index contributed by atoms with van der Waals surface area (Å²) < 4.78 is 8.06. The van der Waals surface area contributed by atoms with Crippen molar-refractivity contribution in [1.82, 2.24) is 4.57 Å². The van der Waals surface area contributed by atoms with E-state index >= 15 is 0 Å². The number of nitrogens with zero attached hydrogens (tertiary/aromatic N) is 3. The van der Waals surface area contributed by atoms with Gasteiger partial charge in [0.05, 0.1) is 26.8 Å². The SMILES string of the molecule is CCOCCn1c(=NC(=O)/C=C/c2ccc([N+](=O)[O-])s2)sc2cc(Cl)cc(Cl)c21. The van der Waals surface area contributed by atoms with Gasteiger partial charge < -0.3 is 9.30 Å². The van der Waals surface area contributed by atoms with E-state index < -0.39 is 10.8 Å². The second-order valence-electron chi connectivity index (χ2n) is 5.68. The van der Waals surface area contributed by atoms with Gasteiger partial charge in [0.15, 0.2) is 4.80 Å². The van der Waals surface area contributed by atoms with E-state index in [2.05, 4.69) is 4.99 Å². The van der Waals surface area contributed by atoms with Crippen molar-refractivity contribution >= 4 is 73.1 Å². The zero-order chi connectivity index (χ0) is 21.0. The Morgan fingerprint density at radius 3 is 2.83 bits per heavy atom. The lowest BCUT2D eigenvalue weighted by Crippen LogP contribution is -2.19. The Balaban J connectivity index is 1.95. The molecular weight excluding hydrogens is 457 g/mol. The molecule has 0 aliphatic rings. The van der Waals surface area contributed by atoms with Gasteiger partial charge in [-0.1, -0.05) is 45.9 Å². The molecule has 0 saturated heterocycles. The summed E-state index contributed by atoms with van der Waals surface area (Å²) in [6.07, 6.45) is 2.78. The molecule has 3 rings (SSSR count). The van der Waals surface area contributed by atoms with Crippen molar-refractivity contribution in [2.24, 2.45) is 4.99 Å². The normalized spacial score (nSPS) is 12.3. The molecule has 0 atom stereocenters. The summed E-state index contributed by atoms with van der Waals surface area (Å²) in [4.78, 5) is 27.9. The molecule has 1 amide bonds. The summed E-state index contributed by atoms with van der Waals surface area (Å²) >= 11 is 14.7. The standard InChI is InChI=1S/C18H15Cl2N3O4S2/c1-2-27-8-7-22-17-13(20)9-11(19)10-14(17)29-18(22)21-15(24)5-3-12-4-6-16(28-12)23(25)26/h3-6,9-10H,2,7-8H2,1H3/b5-3+,21-18?. The zero-order valence-electron chi connectivity index (χ0n) is 15.1. The van der Waals surface area contributed by atoms with Crippen molar-refractivity contribution in [3.8, 4) is 0 Å². The van der Waals surface area contributed by atoms with Crippen LogP contribution in [0.2, 0.25) is 10.0 Å². The van der Waals surface area contributed by atoms with E-state index in [0.717, 1.165) is 21.6 Å². The summed E-state index contributed by atoms with van der Waals surface area (Å²) in [5, 5.41) is 11.7. The molecule has 0 aliphatic heterocycles. The largest absolute Gasteiger partial charge is 0.380 e. The summed E-state index contributed by atoms with van der Waals surface area (Å²) in [6.45, 7) is 3.39. The first-order valence-corrected chi connectivity index (χ1v) is 10.8. The predicted octanol–water partition coefficient (Wildman–Crippen LogP) is 5.16. The second kappa shape index (κ2) is 9.64. The number of nitro groups is 1. The fraction of sp³-hybridized carbons (Fsp3) is 0.222. The number of carbonyl (C=O) groups excluding carboxylic acids is 1. The molecule has 2 aromatic heterocycles. The Morgan fingerprint density at radius 2 is 2.14 bits per heavy atom. The number of carbonyl (C=O) groups is 1. The van der Waals surface area contributed by atoms with Crippen molar-refractivity contribution < 1.29 is 14.5 Å². The summed E-state index contributed by atoms with van der Waals surface area (Å²) in [7, 11) is 0. The van der Waals surface area contributed by atoms with Gasteiger partial charge in [-0.3, -0.25) is 14.9 Å². The van der Waals surface area contributed by atoms with Gasteiger partial charge >= 0.3 is 5.00 Å². The summed E-state index contributed by atoms with van der Waals surface area (Å²) in [6, 6.07) is 6.39. The van der Waals surface area contributed by atoms with Gasteiger partial charge in [0, 0.05) is 35.2 Å². The highest BCUT2D eigenvalue weighted by Gasteiger charge is 2.12. The van der Waals surface area contributed by atoms with Gasteiger partial charge in [-0.05, 0) is 31.2 Å². The third kappa shape index (κ3) is 5.31. The van der Waals surface area contributed by atoms with Crippen LogP contribution in [-0.4, -0.2) is 28.6 Å². The van der Waals surface area contributed by atoms with Gasteiger partial charge in [0.25, 0.3) is 5.91 Å². The van der Waals surface area contributed by atoms with E-state index in [0.29, 0.717) is 39.5 Å². The number of ether oxygens (including phenoxy) is 1. The lowest BCUT2D eigenvalue weighted by Gasteiger charge is -2.06. The maximum absolute atomic E-state index is 12.4. The van der Waals surface area contributed by atoms with Crippen LogP contribution in [0.5, 0.6) is 0 Å². The first-order chi connectivity index (χ1) is 13.9.